The molecule has 3 heterocycles. The minimum atomic E-state index is 0.0188. The van der Waals surface area contributed by atoms with E-state index < -0.39 is 0 Å². The van der Waals surface area contributed by atoms with Crippen LogP contribution in [0.15, 0.2) is 28.3 Å². The molecule has 0 unspecified atom stereocenters. The second-order valence-corrected chi connectivity index (χ2v) is 6.46. The molecule has 8 heteroatoms. The highest BCUT2D eigenvalue weighted by Gasteiger charge is 2.24. The average Bonchev–Trinajstić information content (AvgIpc) is 3.04. The standard InChI is InChI=1S/C13H15N5OS2/c1-20-13-16-10(9-21-13)12(19)18-6-4-17(5-7-18)11-8-14-2-3-15-11/h2-3,8-9H,4-7H2,1H3. The first kappa shape index (κ1) is 14.3. The van der Waals surface area contributed by atoms with Crippen LogP contribution in [0, 0.1) is 0 Å². The maximum absolute atomic E-state index is 12.4. The van der Waals surface area contributed by atoms with E-state index in [1.165, 1.54) is 11.3 Å². The first-order valence-corrected chi connectivity index (χ1v) is 8.68. The summed E-state index contributed by atoms with van der Waals surface area (Å²) in [5.74, 6) is 0.883. The third-order valence-electron chi connectivity index (χ3n) is 3.32. The van der Waals surface area contributed by atoms with Crippen molar-refractivity contribution in [3.05, 3.63) is 29.7 Å². The molecule has 1 aliphatic rings. The Morgan fingerprint density at radius 3 is 2.71 bits per heavy atom. The van der Waals surface area contributed by atoms with E-state index in [0.717, 1.165) is 23.2 Å². The third-order valence-corrected chi connectivity index (χ3v) is 5.18. The Labute approximate surface area is 131 Å². The van der Waals surface area contributed by atoms with E-state index in [9.17, 15) is 4.79 Å². The summed E-state index contributed by atoms with van der Waals surface area (Å²) in [6.07, 6.45) is 7.07. The molecule has 0 N–H and O–H groups in total. The van der Waals surface area contributed by atoms with Crippen molar-refractivity contribution < 1.29 is 4.79 Å². The van der Waals surface area contributed by atoms with Crippen molar-refractivity contribution in [1.82, 2.24) is 19.9 Å². The average molecular weight is 321 g/mol. The zero-order chi connectivity index (χ0) is 14.7. The van der Waals surface area contributed by atoms with Crippen LogP contribution >= 0.6 is 23.1 Å². The van der Waals surface area contributed by atoms with E-state index in [2.05, 4.69) is 19.9 Å². The van der Waals surface area contributed by atoms with E-state index in [4.69, 9.17) is 0 Å². The zero-order valence-corrected chi connectivity index (χ0v) is 13.2. The molecule has 0 aromatic carbocycles. The highest BCUT2D eigenvalue weighted by molar-refractivity contribution is 8.00. The smallest absolute Gasteiger partial charge is 0.273 e. The van der Waals surface area contributed by atoms with Crippen molar-refractivity contribution in [3.63, 3.8) is 0 Å². The van der Waals surface area contributed by atoms with Crippen LogP contribution in [0.4, 0.5) is 5.82 Å². The minimum absolute atomic E-state index is 0.0188. The highest BCUT2D eigenvalue weighted by Crippen LogP contribution is 2.21. The van der Waals surface area contributed by atoms with Crippen molar-refractivity contribution in [1.29, 1.82) is 0 Å². The van der Waals surface area contributed by atoms with Crippen molar-refractivity contribution in [2.75, 3.05) is 37.3 Å². The van der Waals surface area contributed by atoms with Crippen LogP contribution in [0.1, 0.15) is 10.5 Å². The number of hydrogen-bond donors (Lipinski definition) is 0. The van der Waals surface area contributed by atoms with Gasteiger partial charge in [-0.25, -0.2) is 9.97 Å². The van der Waals surface area contributed by atoms with Crippen molar-refractivity contribution in [3.8, 4) is 0 Å². The molecular weight excluding hydrogens is 306 g/mol. The highest BCUT2D eigenvalue weighted by atomic mass is 32.2. The van der Waals surface area contributed by atoms with Gasteiger partial charge in [0.2, 0.25) is 0 Å². The van der Waals surface area contributed by atoms with Gasteiger partial charge in [-0.15, -0.1) is 11.3 Å². The summed E-state index contributed by atoms with van der Waals surface area (Å²) in [5, 5.41) is 1.84. The molecule has 0 bridgehead atoms. The molecule has 1 aliphatic heterocycles. The van der Waals surface area contributed by atoms with Crippen molar-refractivity contribution in [2.24, 2.45) is 0 Å². The number of amides is 1. The Balaban J connectivity index is 1.61. The van der Waals surface area contributed by atoms with Crippen LogP contribution in [-0.4, -0.2) is 58.2 Å². The van der Waals surface area contributed by atoms with Gasteiger partial charge in [-0.3, -0.25) is 9.78 Å². The summed E-state index contributed by atoms with van der Waals surface area (Å²) in [6, 6.07) is 0. The van der Waals surface area contributed by atoms with Crippen molar-refractivity contribution in [2.45, 2.75) is 4.34 Å². The van der Waals surface area contributed by atoms with Crippen LogP contribution in [0.25, 0.3) is 0 Å². The van der Waals surface area contributed by atoms with Crippen molar-refractivity contribution >= 4 is 34.8 Å². The molecule has 21 heavy (non-hydrogen) atoms. The molecule has 6 nitrogen and oxygen atoms in total. The number of nitrogens with zero attached hydrogens (tertiary/aromatic N) is 5. The van der Waals surface area contributed by atoms with Gasteiger partial charge in [0.05, 0.1) is 6.20 Å². The number of thioether (sulfide) groups is 1. The summed E-state index contributed by atoms with van der Waals surface area (Å²) in [7, 11) is 0. The fourth-order valence-corrected chi connectivity index (χ4v) is 3.44. The number of hydrogen-bond acceptors (Lipinski definition) is 7. The maximum atomic E-state index is 12.4. The van der Waals surface area contributed by atoms with Gasteiger partial charge in [0, 0.05) is 44.0 Å². The lowest BCUT2D eigenvalue weighted by Crippen LogP contribution is -2.49. The predicted octanol–water partition coefficient (Wildman–Crippen LogP) is 1.62. The number of piperazine rings is 1. The van der Waals surface area contributed by atoms with E-state index in [1.807, 2.05) is 16.5 Å². The molecule has 2 aromatic rings. The Morgan fingerprint density at radius 2 is 2.10 bits per heavy atom. The second kappa shape index (κ2) is 6.40. The molecule has 0 aliphatic carbocycles. The largest absolute Gasteiger partial charge is 0.352 e. The zero-order valence-electron chi connectivity index (χ0n) is 11.6. The third kappa shape index (κ3) is 3.16. The van der Waals surface area contributed by atoms with Crippen LogP contribution in [0.2, 0.25) is 0 Å². The fourth-order valence-electron chi connectivity index (χ4n) is 2.20. The number of anilines is 1. The summed E-state index contributed by atoms with van der Waals surface area (Å²) < 4.78 is 0.927. The van der Waals surface area contributed by atoms with Crippen LogP contribution in [0.5, 0.6) is 0 Å². The molecule has 1 fully saturated rings. The Kier molecular flexibility index (Phi) is 4.35. The molecule has 110 valence electrons. The first-order chi connectivity index (χ1) is 10.3. The number of carbonyl (C=O) groups is 1. The molecule has 0 atom stereocenters. The van der Waals surface area contributed by atoms with Gasteiger partial charge in [0.25, 0.3) is 5.91 Å². The first-order valence-electron chi connectivity index (χ1n) is 6.57. The maximum Gasteiger partial charge on any atom is 0.273 e. The molecule has 0 radical (unpaired) electrons. The van der Waals surface area contributed by atoms with Gasteiger partial charge in [0.15, 0.2) is 0 Å². The summed E-state index contributed by atoms with van der Waals surface area (Å²) in [6.45, 7) is 2.90. The summed E-state index contributed by atoms with van der Waals surface area (Å²) in [4.78, 5) is 29.1. The molecule has 1 saturated heterocycles. The van der Waals surface area contributed by atoms with Gasteiger partial charge >= 0.3 is 0 Å². The van der Waals surface area contributed by atoms with Gasteiger partial charge in [0.1, 0.15) is 15.9 Å². The van der Waals surface area contributed by atoms with Crippen LogP contribution in [-0.2, 0) is 0 Å². The van der Waals surface area contributed by atoms with Gasteiger partial charge in [-0.2, -0.15) is 0 Å². The Morgan fingerprint density at radius 1 is 1.29 bits per heavy atom. The lowest BCUT2D eigenvalue weighted by Gasteiger charge is -2.34. The number of thiazole rings is 1. The number of aromatic nitrogens is 3. The Bertz CT molecular complexity index is 610. The fraction of sp³-hybridized carbons (Fsp3) is 0.385. The number of rotatable bonds is 3. The lowest BCUT2D eigenvalue weighted by molar-refractivity contribution is 0.0741. The summed E-state index contributed by atoms with van der Waals surface area (Å²) in [5.41, 5.74) is 0.553. The summed E-state index contributed by atoms with van der Waals surface area (Å²) >= 11 is 3.08. The lowest BCUT2D eigenvalue weighted by atomic mass is 10.3. The predicted molar refractivity (Wildman–Crippen MR) is 84.0 cm³/mol. The van der Waals surface area contributed by atoms with E-state index in [-0.39, 0.29) is 5.91 Å². The minimum Gasteiger partial charge on any atom is -0.352 e. The molecule has 3 rings (SSSR count). The van der Waals surface area contributed by atoms with Gasteiger partial charge in [-0.1, -0.05) is 11.8 Å². The van der Waals surface area contributed by atoms with Gasteiger partial charge < -0.3 is 9.80 Å². The molecule has 0 spiro atoms. The van der Waals surface area contributed by atoms with E-state index in [1.54, 1.807) is 30.4 Å². The molecular formula is C13H15N5OS2. The quantitative estimate of drug-likeness (QED) is 0.801. The molecule has 1 amide bonds. The second-order valence-electron chi connectivity index (χ2n) is 4.55. The molecule has 2 aromatic heterocycles. The van der Waals surface area contributed by atoms with Gasteiger partial charge in [-0.05, 0) is 6.26 Å². The number of carbonyl (C=O) groups excluding carboxylic acids is 1. The van der Waals surface area contributed by atoms with Crippen LogP contribution < -0.4 is 4.90 Å². The topological polar surface area (TPSA) is 62.2 Å². The SMILES string of the molecule is CSc1nc(C(=O)N2CCN(c3cnccn3)CC2)cs1. The van der Waals surface area contributed by atoms with E-state index in [0.29, 0.717) is 18.8 Å². The normalized spacial score (nSPS) is 15.3. The Hall–Kier alpha value is -1.67. The van der Waals surface area contributed by atoms with E-state index >= 15 is 0 Å². The van der Waals surface area contributed by atoms with Crippen LogP contribution in [0.3, 0.4) is 0 Å². The monoisotopic (exact) mass is 321 g/mol. The molecule has 0 saturated carbocycles.